The molecule has 2 N–H and O–H groups in total. The number of nitrogens with one attached hydrogen (secondary N) is 2. The van der Waals surface area contributed by atoms with Gasteiger partial charge in [-0.25, -0.2) is 16.8 Å². The molecule has 0 saturated heterocycles. The number of hydrogen-bond acceptors (Lipinski definition) is 7. The SMILES string of the molecule is CS(=O)(=O)N(CC(=O)Nc1ccc(S(=O)(=O)Nc2cc(Cl)cc(Cl)c2)cc1)c1ccc2c(c1)OCO2. The lowest BCUT2D eigenvalue weighted by Crippen LogP contribution is -2.37. The highest BCUT2D eigenvalue weighted by Gasteiger charge is 2.24. The molecule has 4 rings (SSSR count). The number of amides is 1. The van der Waals surface area contributed by atoms with E-state index in [9.17, 15) is 21.6 Å². The number of halogens is 2. The molecule has 36 heavy (non-hydrogen) atoms. The highest BCUT2D eigenvalue weighted by atomic mass is 35.5. The summed E-state index contributed by atoms with van der Waals surface area (Å²) in [6.07, 6.45) is 0.977. The molecule has 0 unspecified atom stereocenters. The van der Waals surface area contributed by atoms with Crippen LogP contribution in [0.4, 0.5) is 17.1 Å². The lowest BCUT2D eigenvalue weighted by atomic mass is 10.2. The molecular formula is C22H19Cl2N3O7S2. The van der Waals surface area contributed by atoms with Gasteiger partial charge >= 0.3 is 0 Å². The van der Waals surface area contributed by atoms with Crippen molar-refractivity contribution in [3.05, 3.63) is 70.7 Å². The van der Waals surface area contributed by atoms with Crippen molar-refractivity contribution in [3.63, 3.8) is 0 Å². The van der Waals surface area contributed by atoms with Gasteiger partial charge in [-0.2, -0.15) is 0 Å². The van der Waals surface area contributed by atoms with Crippen LogP contribution in [-0.4, -0.2) is 42.3 Å². The van der Waals surface area contributed by atoms with Crippen molar-refractivity contribution in [2.75, 3.05) is 33.9 Å². The molecule has 3 aromatic rings. The number of nitrogens with zero attached hydrogens (tertiary/aromatic N) is 1. The molecule has 0 aliphatic carbocycles. The number of sulfonamides is 2. The first kappa shape index (κ1) is 25.9. The summed E-state index contributed by atoms with van der Waals surface area (Å²) >= 11 is 11.8. The Bertz CT molecular complexity index is 1510. The maximum atomic E-state index is 12.7. The third-order valence-electron chi connectivity index (χ3n) is 4.89. The second-order valence-electron chi connectivity index (χ2n) is 7.64. The first-order chi connectivity index (χ1) is 16.9. The Morgan fingerprint density at radius 1 is 0.889 bits per heavy atom. The van der Waals surface area contributed by atoms with Crippen LogP contribution >= 0.6 is 23.2 Å². The number of carbonyl (C=O) groups excluding carboxylic acids is 1. The number of anilines is 3. The Hall–Kier alpha value is -3.19. The third-order valence-corrected chi connectivity index (χ3v) is 7.87. The van der Waals surface area contributed by atoms with E-state index in [0.717, 1.165) is 10.6 Å². The predicted molar refractivity (Wildman–Crippen MR) is 137 cm³/mol. The molecule has 1 aliphatic rings. The van der Waals surface area contributed by atoms with E-state index >= 15 is 0 Å². The normalized spacial score (nSPS) is 12.8. The summed E-state index contributed by atoms with van der Waals surface area (Å²) in [5, 5.41) is 3.09. The first-order valence-corrected chi connectivity index (χ1v) is 14.3. The van der Waals surface area contributed by atoms with Gasteiger partial charge < -0.3 is 14.8 Å². The predicted octanol–water partition coefficient (Wildman–Crippen LogP) is 3.93. The molecule has 0 saturated carbocycles. The van der Waals surface area contributed by atoms with Crippen LogP contribution in [0.5, 0.6) is 11.5 Å². The van der Waals surface area contributed by atoms with E-state index in [-0.39, 0.29) is 38.8 Å². The van der Waals surface area contributed by atoms with Gasteiger partial charge in [-0.05, 0) is 54.6 Å². The van der Waals surface area contributed by atoms with Gasteiger partial charge in [0.25, 0.3) is 10.0 Å². The quantitative estimate of drug-likeness (QED) is 0.418. The van der Waals surface area contributed by atoms with E-state index in [2.05, 4.69) is 10.0 Å². The van der Waals surface area contributed by atoms with Crippen LogP contribution in [0.25, 0.3) is 0 Å². The van der Waals surface area contributed by atoms with Crippen LogP contribution in [0.1, 0.15) is 0 Å². The number of fused-ring (bicyclic) bond motifs is 1. The summed E-state index contributed by atoms with van der Waals surface area (Å²) in [5.74, 6) is 0.201. The number of rotatable bonds is 8. The molecule has 14 heteroatoms. The fourth-order valence-electron chi connectivity index (χ4n) is 3.32. The lowest BCUT2D eigenvalue weighted by molar-refractivity contribution is -0.114. The van der Waals surface area contributed by atoms with E-state index in [1.54, 1.807) is 6.07 Å². The molecule has 0 atom stereocenters. The first-order valence-electron chi connectivity index (χ1n) is 10.2. The van der Waals surface area contributed by atoms with Crippen LogP contribution in [0.2, 0.25) is 10.0 Å². The molecule has 0 fully saturated rings. The smallest absolute Gasteiger partial charge is 0.261 e. The molecule has 1 amide bonds. The third kappa shape index (κ3) is 6.13. The molecule has 1 heterocycles. The molecule has 3 aromatic carbocycles. The van der Waals surface area contributed by atoms with Crippen LogP contribution < -0.4 is 23.8 Å². The van der Waals surface area contributed by atoms with Crippen molar-refractivity contribution in [1.82, 2.24) is 0 Å². The molecular weight excluding hydrogens is 553 g/mol. The number of hydrogen-bond donors (Lipinski definition) is 2. The largest absolute Gasteiger partial charge is 0.454 e. The van der Waals surface area contributed by atoms with Gasteiger partial charge in [0.1, 0.15) is 6.54 Å². The zero-order valence-corrected chi connectivity index (χ0v) is 21.7. The fraction of sp³-hybridized carbons (Fsp3) is 0.136. The summed E-state index contributed by atoms with van der Waals surface area (Å²) in [6.45, 7) is -0.498. The minimum Gasteiger partial charge on any atom is -0.454 e. The Kier molecular flexibility index (Phi) is 7.23. The topological polar surface area (TPSA) is 131 Å². The summed E-state index contributed by atoms with van der Waals surface area (Å²) < 4.78 is 63.9. The lowest BCUT2D eigenvalue weighted by Gasteiger charge is -2.22. The standard InChI is InChI=1S/C22H19Cl2N3O7S2/c1-35(29,30)27(18-4-7-20-21(11-18)34-13-33-20)12-22(28)25-16-2-5-19(6-3-16)36(31,32)26-17-9-14(23)8-15(24)10-17/h2-11,26H,12-13H2,1H3,(H,25,28). The molecule has 190 valence electrons. The fourth-order valence-corrected chi connectivity index (χ4v) is 5.73. The summed E-state index contributed by atoms with van der Waals surface area (Å²) in [6, 6.07) is 14.1. The van der Waals surface area contributed by atoms with Crippen LogP contribution in [0.15, 0.2) is 65.6 Å². The Morgan fingerprint density at radius 3 is 2.17 bits per heavy atom. The van der Waals surface area contributed by atoms with Gasteiger partial charge in [-0.1, -0.05) is 23.2 Å². The van der Waals surface area contributed by atoms with Crippen LogP contribution in [0, 0.1) is 0 Å². The Labute approximate surface area is 217 Å². The van der Waals surface area contributed by atoms with Crippen molar-refractivity contribution in [2.45, 2.75) is 4.90 Å². The van der Waals surface area contributed by atoms with Crippen LogP contribution in [-0.2, 0) is 24.8 Å². The molecule has 10 nitrogen and oxygen atoms in total. The van der Waals surface area contributed by atoms with E-state index < -0.39 is 32.5 Å². The molecule has 0 aromatic heterocycles. The zero-order valence-electron chi connectivity index (χ0n) is 18.6. The van der Waals surface area contributed by atoms with E-state index in [0.29, 0.717) is 11.5 Å². The van der Waals surface area contributed by atoms with Gasteiger partial charge in [-0.15, -0.1) is 0 Å². The summed E-state index contributed by atoms with van der Waals surface area (Å²) in [5.41, 5.74) is 0.684. The number of carbonyl (C=O) groups is 1. The average molecular weight is 572 g/mol. The Balaban J connectivity index is 1.46. The highest BCUT2D eigenvalue weighted by molar-refractivity contribution is 7.92. The van der Waals surface area contributed by atoms with Gasteiger partial charge in [0.2, 0.25) is 22.7 Å². The molecule has 1 aliphatic heterocycles. The van der Waals surface area contributed by atoms with Crippen molar-refractivity contribution in [3.8, 4) is 11.5 Å². The van der Waals surface area contributed by atoms with Crippen molar-refractivity contribution in [1.29, 1.82) is 0 Å². The summed E-state index contributed by atoms with van der Waals surface area (Å²) in [7, 11) is -7.78. The minimum absolute atomic E-state index is 0.0201. The monoisotopic (exact) mass is 571 g/mol. The molecule has 0 radical (unpaired) electrons. The average Bonchev–Trinajstić information content (AvgIpc) is 3.24. The van der Waals surface area contributed by atoms with Crippen molar-refractivity contribution < 1.29 is 31.1 Å². The highest BCUT2D eigenvalue weighted by Crippen LogP contribution is 2.36. The maximum absolute atomic E-state index is 12.7. The number of ether oxygens (including phenoxy) is 2. The van der Waals surface area contributed by atoms with E-state index in [1.807, 2.05) is 0 Å². The second-order valence-corrected chi connectivity index (χ2v) is 12.1. The van der Waals surface area contributed by atoms with E-state index in [4.69, 9.17) is 32.7 Å². The van der Waals surface area contributed by atoms with Gasteiger partial charge in [-0.3, -0.25) is 13.8 Å². The molecule has 0 spiro atoms. The van der Waals surface area contributed by atoms with Gasteiger partial charge in [0.15, 0.2) is 11.5 Å². The van der Waals surface area contributed by atoms with Crippen molar-refractivity contribution in [2.24, 2.45) is 0 Å². The maximum Gasteiger partial charge on any atom is 0.261 e. The number of benzene rings is 3. The summed E-state index contributed by atoms with van der Waals surface area (Å²) in [4.78, 5) is 12.6. The van der Waals surface area contributed by atoms with Crippen molar-refractivity contribution >= 4 is 66.2 Å². The second kappa shape index (κ2) is 10.1. The Morgan fingerprint density at radius 2 is 1.53 bits per heavy atom. The molecule has 0 bridgehead atoms. The van der Waals surface area contributed by atoms with Gasteiger partial charge in [0.05, 0.1) is 22.5 Å². The van der Waals surface area contributed by atoms with Crippen LogP contribution in [0.3, 0.4) is 0 Å². The zero-order chi connectivity index (χ0) is 26.1. The van der Waals surface area contributed by atoms with Gasteiger partial charge in [0, 0.05) is 21.8 Å². The van der Waals surface area contributed by atoms with E-state index in [1.165, 1.54) is 54.6 Å². The minimum atomic E-state index is -3.96.